The fraction of sp³-hybridized carbons (Fsp3) is 0.318. The average Bonchev–Trinajstić information content (AvgIpc) is 3.40. The third-order valence-electron chi connectivity index (χ3n) is 9.06. The highest BCUT2D eigenvalue weighted by molar-refractivity contribution is 5.65. The van der Waals surface area contributed by atoms with Crippen LogP contribution in [0.2, 0.25) is 0 Å². The summed E-state index contributed by atoms with van der Waals surface area (Å²) in [4.78, 5) is 0. The van der Waals surface area contributed by atoms with Crippen LogP contribution in [-0.4, -0.2) is 16.8 Å². The lowest BCUT2D eigenvalue weighted by atomic mass is 9.87. The minimum atomic E-state index is 0.0162. The Kier molecular flexibility index (Phi) is 11.1. The van der Waals surface area contributed by atoms with Crippen LogP contribution >= 0.6 is 0 Å². The van der Waals surface area contributed by atoms with Crippen molar-refractivity contribution in [3.05, 3.63) is 167 Å². The summed E-state index contributed by atoms with van der Waals surface area (Å²) in [7, 11) is 0. The van der Waals surface area contributed by atoms with Crippen LogP contribution in [0, 0.1) is 0 Å². The largest absolute Gasteiger partial charge is 0.189 e. The van der Waals surface area contributed by atoms with Gasteiger partial charge >= 0.3 is 0 Å². The third kappa shape index (κ3) is 7.57. The van der Waals surface area contributed by atoms with Crippen LogP contribution in [0.5, 0.6) is 0 Å². The summed E-state index contributed by atoms with van der Waals surface area (Å²) in [6, 6.07) is 13.6. The molecule has 0 radical (unpaired) electrons. The van der Waals surface area contributed by atoms with Crippen LogP contribution in [0.25, 0.3) is 0 Å². The van der Waals surface area contributed by atoms with Crippen LogP contribution in [0.4, 0.5) is 11.4 Å². The molecule has 0 aromatic heterocycles. The van der Waals surface area contributed by atoms with Gasteiger partial charge in [0.2, 0.25) is 0 Å². The van der Waals surface area contributed by atoms with Crippen molar-refractivity contribution in [2.45, 2.75) is 91.1 Å². The van der Waals surface area contributed by atoms with Gasteiger partial charge in [0.25, 0.3) is 0 Å². The number of benzene rings is 2. The van der Waals surface area contributed by atoms with Gasteiger partial charge in [0.1, 0.15) is 0 Å². The van der Waals surface area contributed by atoms with E-state index in [1.807, 2.05) is 24.3 Å². The van der Waals surface area contributed by atoms with E-state index < -0.39 is 0 Å². The van der Waals surface area contributed by atoms with E-state index in [1.54, 1.807) is 0 Å². The maximum absolute atomic E-state index is 5.64. The fourth-order valence-corrected chi connectivity index (χ4v) is 6.61. The average molecular weight is 623 g/mol. The molecule has 0 N–H and O–H groups in total. The van der Waals surface area contributed by atoms with Crippen molar-refractivity contribution in [2.24, 2.45) is 5.22 Å². The number of hydrogen-bond donors (Lipinski definition) is 0. The molecule has 3 aliphatic rings. The van der Waals surface area contributed by atoms with Gasteiger partial charge in [-0.05, 0) is 47.0 Å². The topological polar surface area (TPSA) is 18.6 Å². The van der Waals surface area contributed by atoms with Crippen molar-refractivity contribution in [3.8, 4) is 0 Å². The zero-order chi connectivity index (χ0) is 33.5. The molecule has 2 aliphatic carbocycles. The molecular weight excluding hydrogens is 571 g/mol. The van der Waals surface area contributed by atoms with Gasteiger partial charge in [0, 0.05) is 22.3 Å². The Morgan fingerprint density at radius 3 is 1.32 bits per heavy atom. The SMILES string of the molecule is CC(C)c1cccc(C(C)C)c1N1N=[N+](c2c(C(C)C)cccc2C(C)C)[C@H]2C=C3/C=C/C=C/C=C\C=C\C=C/C=C/C=C/C3=C[C@H]21. The van der Waals surface area contributed by atoms with E-state index in [2.05, 4.69) is 174 Å². The molecule has 2 aromatic carbocycles. The molecule has 0 saturated heterocycles. The molecule has 1 heterocycles. The first-order valence-corrected chi connectivity index (χ1v) is 17.4. The molecule has 3 heteroatoms. The molecule has 0 spiro atoms. The Balaban J connectivity index is 1.78. The Morgan fingerprint density at radius 1 is 0.511 bits per heavy atom. The molecule has 3 nitrogen and oxygen atoms in total. The Labute approximate surface area is 283 Å². The lowest BCUT2D eigenvalue weighted by Crippen LogP contribution is -2.38. The smallest absolute Gasteiger partial charge is 0.121 e. The number of allylic oxidation sites excluding steroid dienone is 16. The molecule has 5 rings (SSSR count). The van der Waals surface area contributed by atoms with Gasteiger partial charge < -0.3 is 0 Å². The van der Waals surface area contributed by atoms with Crippen LogP contribution in [0.1, 0.15) is 101 Å². The van der Waals surface area contributed by atoms with Gasteiger partial charge in [-0.1, -0.05) is 177 Å². The highest BCUT2D eigenvalue weighted by Gasteiger charge is 2.48. The number of fused-ring (bicyclic) bond motifs is 2. The van der Waals surface area contributed by atoms with Crippen LogP contribution in [0.3, 0.4) is 0 Å². The van der Waals surface area contributed by atoms with E-state index in [-0.39, 0.29) is 12.1 Å². The summed E-state index contributed by atoms with van der Waals surface area (Å²) < 4.78 is 2.35. The van der Waals surface area contributed by atoms with Crippen LogP contribution in [-0.2, 0) is 0 Å². The predicted octanol–water partition coefficient (Wildman–Crippen LogP) is 12.2. The first-order valence-electron chi connectivity index (χ1n) is 17.4. The molecule has 1 aliphatic heterocycles. The monoisotopic (exact) mass is 622 g/mol. The molecule has 0 unspecified atom stereocenters. The second kappa shape index (κ2) is 15.4. The summed E-state index contributed by atoms with van der Waals surface area (Å²) in [5.41, 5.74) is 10.2. The molecular formula is C44H52N3+. The maximum atomic E-state index is 5.64. The normalized spacial score (nSPS) is 24.3. The zero-order valence-electron chi connectivity index (χ0n) is 29.5. The van der Waals surface area contributed by atoms with E-state index in [0.717, 1.165) is 0 Å². The molecule has 47 heavy (non-hydrogen) atoms. The van der Waals surface area contributed by atoms with Crippen molar-refractivity contribution in [2.75, 3.05) is 5.01 Å². The molecule has 0 bridgehead atoms. The highest BCUT2D eigenvalue weighted by Crippen LogP contribution is 2.45. The number of nitrogens with zero attached hydrogens (tertiary/aromatic N) is 3. The minimum absolute atomic E-state index is 0.0162. The molecule has 0 amide bonds. The molecule has 2 aromatic rings. The lowest BCUT2D eigenvalue weighted by Gasteiger charge is -2.26. The summed E-state index contributed by atoms with van der Waals surface area (Å²) >= 11 is 0. The number of para-hydroxylation sites is 2. The van der Waals surface area contributed by atoms with E-state index in [9.17, 15) is 0 Å². The number of rotatable bonds is 6. The Hall–Kier alpha value is -4.50. The highest BCUT2D eigenvalue weighted by atomic mass is 15.7. The summed E-state index contributed by atoms with van der Waals surface area (Å²) in [6.45, 7) is 18.4. The summed E-state index contributed by atoms with van der Waals surface area (Å²) in [5, 5.41) is 7.99. The van der Waals surface area contributed by atoms with E-state index in [1.165, 1.54) is 44.8 Å². The first-order chi connectivity index (χ1) is 22.7. The number of hydrogen-bond acceptors (Lipinski definition) is 2. The standard InChI is InChI=1S/C44H52N3/c1-31(2)37-25-21-26-38(32(3)4)43(37)46-41-29-35-23-19-17-15-13-11-9-10-12-14-16-18-20-24-36(35)30-42(41)47(45-46)44-39(33(5)6)27-22-28-40(44)34(7)8/h9-34,41-42H,1-8H3/q+1/b10-9+,13-11-,14-12-,17-15+,18-16+,23-19+,24-20+/t41-,42+. The number of anilines is 1. The second-order valence-electron chi connectivity index (χ2n) is 13.8. The minimum Gasteiger partial charge on any atom is -0.121 e. The predicted molar refractivity (Wildman–Crippen MR) is 202 cm³/mol. The summed E-state index contributed by atoms with van der Waals surface area (Å²) in [5.74, 6) is 1.45. The van der Waals surface area contributed by atoms with Crippen molar-refractivity contribution < 1.29 is 4.70 Å². The maximum Gasteiger partial charge on any atom is 0.189 e. The van der Waals surface area contributed by atoms with Gasteiger partial charge in [-0.25, -0.2) is 0 Å². The quantitative estimate of drug-likeness (QED) is 0.293. The Bertz CT molecular complexity index is 1690. The summed E-state index contributed by atoms with van der Waals surface area (Å²) in [6.07, 6.45) is 34.3. The van der Waals surface area contributed by atoms with Gasteiger partial charge in [-0.3, -0.25) is 0 Å². The zero-order valence-corrected chi connectivity index (χ0v) is 29.5. The lowest BCUT2D eigenvalue weighted by molar-refractivity contribution is -0.526. The molecule has 2 atom stereocenters. The first kappa shape index (κ1) is 33.9. The van der Waals surface area contributed by atoms with Crippen molar-refractivity contribution in [1.82, 2.24) is 0 Å². The van der Waals surface area contributed by atoms with Gasteiger partial charge in [0.05, 0.1) is 5.22 Å². The van der Waals surface area contributed by atoms with E-state index >= 15 is 0 Å². The van der Waals surface area contributed by atoms with Crippen LogP contribution < -0.4 is 5.01 Å². The van der Waals surface area contributed by atoms with E-state index in [4.69, 9.17) is 5.22 Å². The molecule has 0 fully saturated rings. The van der Waals surface area contributed by atoms with Gasteiger partial charge in [0.15, 0.2) is 23.5 Å². The van der Waals surface area contributed by atoms with E-state index in [0.29, 0.717) is 23.7 Å². The van der Waals surface area contributed by atoms with Crippen LogP contribution in [0.15, 0.2) is 150 Å². The third-order valence-corrected chi connectivity index (χ3v) is 9.06. The Morgan fingerprint density at radius 2 is 0.894 bits per heavy atom. The molecule has 0 saturated carbocycles. The molecule has 242 valence electrons. The van der Waals surface area contributed by atoms with Crippen molar-refractivity contribution >= 4 is 11.4 Å². The van der Waals surface area contributed by atoms with Gasteiger partial charge in [-0.15, -0.1) is 9.71 Å². The fourth-order valence-electron chi connectivity index (χ4n) is 6.61. The second-order valence-corrected chi connectivity index (χ2v) is 13.8. The van der Waals surface area contributed by atoms with Gasteiger partial charge in [-0.2, -0.15) is 0 Å². The van der Waals surface area contributed by atoms with Crippen molar-refractivity contribution in [1.29, 1.82) is 0 Å². The van der Waals surface area contributed by atoms with Crippen molar-refractivity contribution in [3.63, 3.8) is 0 Å².